The van der Waals surface area contributed by atoms with Crippen molar-refractivity contribution in [2.75, 3.05) is 20.8 Å². The number of ether oxygens (including phenoxy) is 8. The van der Waals surface area contributed by atoms with Gasteiger partial charge in [0.25, 0.3) is 0 Å². The van der Waals surface area contributed by atoms with Crippen LogP contribution >= 0.6 is 23.2 Å². The number of nitrogens with one attached hydrogen (secondary N) is 6. The predicted octanol–water partition coefficient (Wildman–Crippen LogP) is 4.69. The van der Waals surface area contributed by atoms with Gasteiger partial charge in [-0.05, 0) is 121 Å². The molecule has 38 heteroatoms. The van der Waals surface area contributed by atoms with Crippen molar-refractivity contribution in [2.24, 2.45) is 17.6 Å². The molecule has 7 aliphatic rings. The lowest BCUT2D eigenvalue weighted by molar-refractivity contribution is -0.277. The number of nitrogens with two attached hydrogens (primary N) is 1. The van der Waals surface area contributed by atoms with Crippen molar-refractivity contribution >= 4 is 76.4 Å². The van der Waals surface area contributed by atoms with Crippen LogP contribution in [-0.4, -0.2) is 213 Å². The number of phenols is 3. The molecule has 7 aromatic rings. The van der Waals surface area contributed by atoms with Crippen LogP contribution in [-0.2, 0) is 70.5 Å². The van der Waals surface area contributed by atoms with Gasteiger partial charge in [-0.3, -0.25) is 38.5 Å². The number of fused-ring (bicyclic) bond motifs is 15. The molecule has 6 aromatic carbocycles. The number of rotatable bonds is 19. The Hall–Kier alpha value is -11.3. The lowest BCUT2D eigenvalue weighted by atomic mass is 9.84. The third-order valence-corrected chi connectivity index (χ3v) is 22.0. The number of benzene rings is 6. The summed E-state index contributed by atoms with van der Waals surface area (Å²) in [6, 6.07) is 10.4. The zero-order valence-corrected chi connectivity index (χ0v) is 66.2. The van der Waals surface area contributed by atoms with E-state index < -0.39 is 255 Å². The largest absolute Gasteiger partial charge is 0.508 e. The van der Waals surface area contributed by atoms with Gasteiger partial charge < -0.3 is 126 Å². The van der Waals surface area contributed by atoms with E-state index >= 15 is 24.0 Å². The highest BCUT2D eigenvalue weighted by Crippen LogP contribution is 2.51. The Kier molecular flexibility index (Phi) is 26.7. The van der Waals surface area contributed by atoms with Crippen molar-refractivity contribution < 1.29 is 132 Å². The van der Waals surface area contributed by atoms with Crippen LogP contribution in [0.3, 0.4) is 0 Å². The smallest absolute Gasteiger partial charge is 0.410 e. The number of aromatic nitrogens is 2. The van der Waals surface area contributed by atoms with E-state index in [0.717, 1.165) is 53.4 Å². The summed E-state index contributed by atoms with van der Waals surface area (Å²) in [5, 5.41) is 128. The number of imidazole rings is 1. The molecule has 119 heavy (non-hydrogen) atoms. The fourth-order valence-corrected chi connectivity index (χ4v) is 15.4. The molecule has 36 nitrogen and oxygen atoms in total. The molecule has 0 aliphatic carbocycles. The molecule has 18 atom stereocenters. The van der Waals surface area contributed by atoms with Crippen molar-refractivity contribution in [3.8, 4) is 62.9 Å². The Balaban J connectivity index is 1.05. The van der Waals surface area contributed by atoms with Gasteiger partial charge >= 0.3 is 12.1 Å². The number of carboxylic acid groups (broad SMARTS) is 1. The van der Waals surface area contributed by atoms with Crippen molar-refractivity contribution in [3.63, 3.8) is 0 Å². The number of carbonyl (C=O) groups excluding carboxylic acids is 8. The number of aromatic amines is 1. The van der Waals surface area contributed by atoms with Crippen molar-refractivity contribution in [1.29, 1.82) is 0 Å². The SMILES string of the molecule is COc1ccc(COC(=O)N(C)[C@H](CC(C)C)C(=O)N[C@H]2C(=O)C[C@@H](CC(N)=O)C(=O)N[C@H]3C(=O)C[C@H]4C(=O)NC(C(=O)N[C@@H](C(=O)O)c5cc(O)cc(O)c5-c5cc4ccc5O)C(O[C@H]4C[C@](C)(NCc5c[nH]cn5)[C@@H](O)[C@H](C)O4)c4ccc(c(Cl)c4)Oc4cc3cc(c4OC3O[C@H](CO)[C@@H](O)[C@H](O)[C@H]3O)Oc3ccc(cc3Cl)[C@H]2O)cc1. The lowest BCUT2D eigenvalue weighted by Crippen LogP contribution is -2.63. The molecule has 11 bridgehead atoms. The zero-order chi connectivity index (χ0) is 85.9. The van der Waals surface area contributed by atoms with Gasteiger partial charge in [-0.1, -0.05) is 67.4 Å². The number of ketones is 2. The first kappa shape index (κ1) is 87.1. The number of aromatic hydroxyl groups is 3. The van der Waals surface area contributed by atoms with Gasteiger partial charge in [0.15, 0.2) is 35.4 Å². The summed E-state index contributed by atoms with van der Waals surface area (Å²) < 4.78 is 49.7. The minimum Gasteiger partial charge on any atom is -0.508 e. The van der Waals surface area contributed by atoms with Gasteiger partial charge in [-0.2, -0.15) is 0 Å². The summed E-state index contributed by atoms with van der Waals surface area (Å²) in [6.07, 6.45) is -19.6. The molecule has 1 aromatic heterocycles. The van der Waals surface area contributed by atoms with Crippen LogP contribution in [0, 0.1) is 11.8 Å². The fraction of sp³-hybridized carbons (Fsp3) is 0.407. The summed E-state index contributed by atoms with van der Waals surface area (Å²) in [4.78, 5) is 144. The van der Waals surface area contributed by atoms with Crippen LogP contribution in [0.1, 0.15) is 129 Å². The number of nitrogens with zero attached hydrogens (tertiary/aromatic N) is 2. The van der Waals surface area contributed by atoms with E-state index in [1.54, 1.807) is 51.2 Å². The second-order valence-corrected chi connectivity index (χ2v) is 31.1. The molecule has 8 heterocycles. The number of carbonyl (C=O) groups is 9. The number of carboxylic acids is 1. The number of aliphatic hydroxyl groups excluding tert-OH is 6. The van der Waals surface area contributed by atoms with Gasteiger partial charge in [-0.15, -0.1) is 0 Å². The number of primary amides is 1. The molecule has 6 amide bonds. The summed E-state index contributed by atoms with van der Waals surface area (Å²) in [7, 11) is 2.74. The summed E-state index contributed by atoms with van der Waals surface area (Å²) >= 11 is 14.5. The number of aliphatic hydroxyl groups is 6. The third-order valence-electron chi connectivity index (χ3n) is 21.4. The van der Waals surface area contributed by atoms with Gasteiger partial charge in [0, 0.05) is 73.8 Å². The molecule has 14 rings (SSSR count). The molecule has 7 aliphatic heterocycles. The lowest BCUT2D eigenvalue weighted by Gasteiger charge is -2.46. The molecule has 2 saturated heterocycles. The van der Waals surface area contributed by atoms with E-state index in [4.69, 9.17) is 66.8 Å². The summed E-state index contributed by atoms with van der Waals surface area (Å²) in [5.41, 5.74) is 3.08. The Bertz CT molecular complexity index is 5000. The minimum absolute atomic E-state index is 0.0727. The molecule has 0 radical (unpaired) electrons. The van der Waals surface area contributed by atoms with Crippen LogP contribution in [0.2, 0.25) is 10.0 Å². The van der Waals surface area contributed by atoms with E-state index in [-0.39, 0.29) is 60.1 Å². The fourth-order valence-electron chi connectivity index (χ4n) is 15.0. The zero-order valence-electron chi connectivity index (χ0n) is 64.7. The number of likely N-dealkylation sites (N-methyl/N-ethyl adjacent to an activating group) is 1. The maximum absolute atomic E-state index is 16.6. The highest BCUT2D eigenvalue weighted by Gasteiger charge is 2.50. The highest BCUT2D eigenvalue weighted by molar-refractivity contribution is 6.32. The molecular formula is C81H89Cl2N9O27. The molecular weight excluding hydrogens is 1600 g/mol. The second kappa shape index (κ2) is 36.5. The van der Waals surface area contributed by atoms with Crippen molar-refractivity contribution in [3.05, 3.63) is 165 Å². The van der Waals surface area contributed by atoms with Crippen LogP contribution in [0.5, 0.6) is 51.7 Å². The number of hydrogen-bond acceptors (Lipinski definition) is 28. The molecule has 2 fully saturated rings. The van der Waals surface area contributed by atoms with E-state index in [1.807, 2.05) is 0 Å². The van der Waals surface area contributed by atoms with Crippen molar-refractivity contribution in [1.82, 2.24) is 41.5 Å². The molecule has 634 valence electrons. The van der Waals surface area contributed by atoms with E-state index in [0.29, 0.717) is 17.0 Å². The van der Waals surface area contributed by atoms with Crippen LogP contribution in [0.25, 0.3) is 11.1 Å². The normalized spacial score (nSPS) is 26.8. The molecule has 0 saturated carbocycles. The third kappa shape index (κ3) is 19.2. The summed E-state index contributed by atoms with van der Waals surface area (Å²) in [5.74, 6) is -19.3. The first-order valence-corrected chi connectivity index (χ1v) is 38.5. The maximum atomic E-state index is 16.6. The number of hydrogen-bond donors (Lipinski definition) is 17. The van der Waals surface area contributed by atoms with Crippen LogP contribution in [0.4, 0.5) is 4.79 Å². The van der Waals surface area contributed by atoms with E-state index in [9.17, 15) is 70.2 Å². The van der Waals surface area contributed by atoms with Gasteiger partial charge in [-0.25, -0.2) is 14.6 Å². The maximum Gasteiger partial charge on any atom is 0.410 e. The quantitative estimate of drug-likeness (QED) is 0.0522. The second-order valence-electron chi connectivity index (χ2n) is 30.3. The number of amides is 6. The number of aliphatic carboxylic acids is 1. The highest BCUT2D eigenvalue weighted by atomic mass is 35.5. The van der Waals surface area contributed by atoms with Crippen LogP contribution in [0.15, 0.2) is 116 Å². The van der Waals surface area contributed by atoms with E-state index in [2.05, 4.69) is 36.6 Å². The minimum atomic E-state index is -2.29. The first-order chi connectivity index (χ1) is 56.5. The predicted molar refractivity (Wildman–Crippen MR) is 415 cm³/mol. The van der Waals surface area contributed by atoms with E-state index in [1.165, 1.54) is 57.7 Å². The Morgan fingerprint density at radius 2 is 1.43 bits per heavy atom. The number of Topliss-reactive ketones (excluding diaryl/α,β-unsaturated/α-hetero) is 2. The molecule has 3 unspecified atom stereocenters. The Labute approximate surface area is 688 Å². The van der Waals surface area contributed by atoms with Crippen LogP contribution < -0.4 is 51.3 Å². The standard InChI is InChI=1S/C81H89Cl2N9O27/c1-34(2)17-50(92(5)80(111)113-32-36-7-12-44(112-6)13-8-36)76(107)90-65-53(97)21-41(24-60(84)99)74(105)88-63-40-22-57(115-55-15-10-38(67(65)100)19-48(55)82)72(119-79-70(103)69(102)68(101)59(31-93)117-79)58(23-40)116-56-16-11-39(20-49(56)83)71(118-61-28-81(4,73(104)35(3)114-61)87-30-42-29-85-33-86-42)66-77(108)89-64(78(109)110)47-25-43(94)26-52(96)62(47)46-18-37(9-14-51(46)95)45(27-54(63)98)75(106)91-66/h7-16,18-20,22-23,25-26,29,33-35,41,45,50,59,61,63-71,73,79,87,93-96,100-104H,17,21,24,27-28,30-32H2,1-6H3,(H2,84,99)(H,85,86)(H,88,105)(H,89,108)(H,90,107)(H,91,106)(H,109,110)/t35-,41-,45+,50+,59+,61-,63+,64+,65-,66?,67+,68+,69-,70+,71?,73-,79?,81-/m0/s1. The number of H-pyrrole nitrogens is 1. The Morgan fingerprint density at radius 1 is 0.756 bits per heavy atom. The topological polar surface area (TPSA) is 548 Å². The number of phenolic OH excluding ortho intramolecular Hbond substituents is 3. The first-order valence-electron chi connectivity index (χ1n) is 37.7. The monoisotopic (exact) mass is 1690 g/mol. The van der Waals surface area contributed by atoms with Crippen molar-refractivity contribution in [2.45, 2.75) is 176 Å². The number of halogens is 2. The molecule has 18 N–H and O–H groups in total. The average molecular weight is 1690 g/mol. The number of methoxy groups -OCH3 is 1. The van der Waals surface area contributed by atoms with Gasteiger partial charge in [0.05, 0.1) is 59.8 Å². The Morgan fingerprint density at radius 3 is 2.06 bits per heavy atom. The molecule has 0 spiro atoms. The van der Waals surface area contributed by atoms with Gasteiger partial charge in [0.2, 0.25) is 41.6 Å². The average Bonchev–Trinajstić information content (AvgIpc) is 1.10. The van der Waals surface area contributed by atoms with Gasteiger partial charge in [0.1, 0.15) is 102 Å². The summed E-state index contributed by atoms with van der Waals surface area (Å²) in [6.45, 7) is 5.48.